The molecule has 2 rings (SSSR count). The highest BCUT2D eigenvalue weighted by molar-refractivity contribution is 5.46. The summed E-state index contributed by atoms with van der Waals surface area (Å²) in [4.78, 5) is 0. The second-order valence-electron chi connectivity index (χ2n) is 8.86. The Balaban J connectivity index is 2.53. The van der Waals surface area contributed by atoms with Gasteiger partial charge in [-0.3, -0.25) is 0 Å². The lowest BCUT2D eigenvalue weighted by molar-refractivity contribution is -0.540. The second kappa shape index (κ2) is 10.6. The summed E-state index contributed by atoms with van der Waals surface area (Å²) in [6.45, 7) is 17.4. The van der Waals surface area contributed by atoms with Gasteiger partial charge in [-0.1, -0.05) is 87.0 Å². The highest BCUT2D eigenvalue weighted by Gasteiger charge is 2.32. The Morgan fingerprint density at radius 3 is 2.07 bits per heavy atom. The number of allylic oxidation sites excluding steroid dienone is 4. The summed E-state index contributed by atoms with van der Waals surface area (Å²) in [6.07, 6.45) is 10.6. The maximum atomic E-state index is 4.08. The van der Waals surface area contributed by atoms with Crippen molar-refractivity contribution >= 4 is 5.69 Å². The van der Waals surface area contributed by atoms with E-state index in [1.807, 2.05) is 0 Å². The smallest absolute Gasteiger partial charge is 0.133 e. The molecule has 0 aliphatic carbocycles. The Morgan fingerprint density at radius 1 is 0.900 bits per heavy atom. The molecule has 0 aliphatic heterocycles. The number of quaternary nitrogens is 1. The lowest BCUT2D eigenvalue weighted by Crippen LogP contribution is -2.73. The van der Waals surface area contributed by atoms with Crippen molar-refractivity contribution in [2.24, 2.45) is 0 Å². The summed E-state index contributed by atoms with van der Waals surface area (Å²) in [6, 6.07) is 17.6. The first-order valence-electron chi connectivity index (χ1n) is 11.2. The first-order chi connectivity index (χ1) is 14.4. The molecule has 0 fully saturated rings. The zero-order valence-electron chi connectivity index (χ0n) is 19.7. The summed E-state index contributed by atoms with van der Waals surface area (Å²) in [5, 5.41) is 2.22. The van der Waals surface area contributed by atoms with Crippen LogP contribution in [0.25, 0.3) is 0 Å². The molecule has 0 heterocycles. The Labute approximate surface area is 184 Å². The lowest BCUT2D eigenvalue weighted by atomic mass is 9.69. The van der Waals surface area contributed by atoms with E-state index in [-0.39, 0.29) is 10.8 Å². The highest BCUT2D eigenvalue weighted by Crippen LogP contribution is 2.42. The van der Waals surface area contributed by atoms with E-state index in [0.29, 0.717) is 0 Å². The third kappa shape index (κ3) is 5.02. The summed E-state index contributed by atoms with van der Waals surface area (Å²) in [5.41, 5.74) is 6.96. The molecular formula is C29H40N+. The van der Waals surface area contributed by atoms with Crippen molar-refractivity contribution in [2.75, 3.05) is 7.05 Å². The van der Waals surface area contributed by atoms with E-state index in [2.05, 4.69) is 120 Å². The SMILES string of the molecule is C=CCC(C)(C/C=C(/CC)C(C)(CC=C)c1ccccc1C)c1ccccc1[NH2+]C. The number of nitrogens with two attached hydrogens (primary N) is 1. The van der Waals surface area contributed by atoms with Gasteiger partial charge in [-0.2, -0.15) is 0 Å². The van der Waals surface area contributed by atoms with Crippen molar-refractivity contribution in [3.63, 3.8) is 0 Å². The zero-order valence-corrected chi connectivity index (χ0v) is 19.7. The first-order valence-corrected chi connectivity index (χ1v) is 11.2. The van der Waals surface area contributed by atoms with Crippen LogP contribution in [-0.4, -0.2) is 7.05 Å². The summed E-state index contributed by atoms with van der Waals surface area (Å²) >= 11 is 0. The van der Waals surface area contributed by atoms with Crippen LogP contribution in [0.15, 0.2) is 85.5 Å². The van der Waals surface area contributed by atoms with Crippen LogP contribution in [0.5, 0.6) is 0 Å². The van der Waals surface area contributed by atoms with Gasteiger partial charge >= 0.3 is 0 Å². The van der Waals surface area contributed by atoms with E-state index >= 15 is 0 Å². The molecule has 0 saturated heterocycles. The minimum atomic E-state index is -0.0344. The Bertz CT molecular complexity index is 891. The van der Waals surface area contributed by atoms with Gasteiger partial charge in [0.05, 0.1) is 7.05 Å². The van der Waals surface area contributed by atoms with E-state index in [1.54, 1.807) is 0 Å². The fourth-order valence-electron chi connectivity index (χ4n) is 4.92. The molecule has 1 heteroatoms. The number of hydrogen-bond acceptors (Lipinski definition) is 0. The zero-order chi connectivity index (χ0) is 22.2. The van der Waals surface area contributed by atoms with Crippen LogP contribution in [0.2, 0.25) is 0 Å². The van der Waals surface area contributed by atoms with Gasteiger partial charge in [-0.05, 0) is 49.8 Å². The van der Waals surface area contributed by atoms with Crippen LogP contribution >= 0.6 is 0 Å². The molecule has 2 unspecified atom stereocenters. The fraction of sp³-hybridized carbons (Fsp3) is 0.379. The Kier molecular flexibility index (Phi) is 8.43. The predicted molar refractivity (Wildman–Crippen MR) is 132 cm³/mol. The van der Waals surface area contributed by atoms with Crippen LogP contribution in [0.4, 0.5) is 5.69 Å². The maximum absolute atomic E-state index is 4.08. The summed E-state index contributed by atoms with van der Waals surface area (Å²) in [5.74, 6) is 0. The van der Waals surface area contributed by atoms with E-state index in [4.69, 9.17) is 0 Å². The summed E-state index contributed by atoms with van der Waals surface area (Å²) in [7, 11) is 2.12. The van der Waals surface area contributed by atoms with E-state index in [9.17, 15) is 0 Å². The van der Waals surface area contributed by atoms with Gasteiger partial charge in [-0.25, -0.2) is 0 Å². The minimum Gasteiger partial charge on any atom is -0.316 e. The average molecular weight is 403 g/mol. The predicted octanol–water partition coefficient (Wildman–Crippen LogP) is 6.91. The molecule has 2 aromatic rings. The highest BCUT2D eigenvalue weighted by atomic mass is 14.8. The molecule has 160 valence electrons. The standard InChI is InChI=1S/C29H39N/c1-8-20-28(5,26-17-13-14-18-27(26)30-7)22-19-24(10-3)29(6,21-9-2)25-16-12-11-15-23(25)4/h8-9,11-19,30H,1-2,10,20-22H2,3-7H3/p+1/b24-19-. The third-order valence-corrected chi connectivity index (χ3v) is 6.70. The number of rotatable bonds is 11. The van der Waals surface area contributed by atoms with Gasteiger partial charge in [0, 0.05) is 16.4 Å². The summed E-state index contributed by atoms with van der Waals surface area (Å²) < 4.78 is 0. The lowest BCUT2D eigenvalue weighted by Gasteiger charge is -2.35. The van der Waals surface area contributed by atoms with Gasteiger partial charge in [0.1, 0.15) is 5.69 Å². The Morgan fingerprint density at radius 2 is 1.50 bits per heavy atom. The van der Waals surface area contributed by atoms with Crippen molar-refractivity contribution < 1.29 is 5.32 Å². The molecule has 2 N–H and O–H groups in total. The first kappa shape index (κ1) is 23.9. The van der Waals surface area contributed by atoms with Crippen molar-refractivity contribution in [1.29, 1.82) is 0 Å². The van der Waals surface area contributed by atoms with E-state index < -0.39 is 0 Å². The molecule has 0 radical (unpaired) electrons. The quantitative estimate of drug-likeness (QED) is 0.310. The van der Waals surface area contributed by atoms with Crippen LogP contribution < -0.4 is 5.32 Å². The van der Waals surface area contributed by atoms with E-state index in [1.165, 1.54) is 28.0 Å². The normalized spacial score (nSPS) is 15.8. The van der Waals surface area contributed by atoms with Crippen molar-refractivity contribution in [3.05, 3.63) is 102 Å². The number of aryl methyl sites for hydroxylation is 1. The molecule has 0 aliphatic rings. The maximum Gasteiger partial charge on any atom is 0.133 e. The molecule has 30 heavy (non-hydrogen) atoms. The van der Waals surface area contributed by atoms with Gasteiger partial charge < -0.3 is 5.32 Å². The van der Waals surface area contributed by atoms with Crippen molar-refractivity contribution in [1.82, 2.24) is 0 Å². The topological polar surface area (TPSA) is 16.6 Å². The van der Waals surface area contributed by atoms with Crippen molar-refractivity contribution in [3.8, 4) is 0 Å². The molecule has 0 amide bonds. The largest absolute Gasteiger partial charge is 0.316 e. The monoisotopic (exact) mass is 402 g/mol. The van der Waals surface area contributed by atoms with Gasteiger partial charge in [0.15, 0.2) is 0 Å². The molecule has 0 aromatic heterocycles. The molecular weight excluding hydrogens is 362 g/mol. The van der Waals surface area contributed by atoms with Crippen LogP contribution in [-0.2, 0) is 10.8 Å². The van der Waals surface area contributed by atoms with Gasteiger partial charge in [-0.15, -0.1) is 13.2 Å². The molecule has 0 bridgehead atoms. The Hall–Kier alpha value is -2.38. The number of benzene rings is 2. The number of hydrogen-bond donors (Lipinski definition) is 1. The van der Waals surface area contributed by atoms with E-state index in [0.717, 1.165) is 25.7 Å². The van der Waals surface area contributed by atoms with Crippen LogP contribution in [0, 0.1) is 6.92 Å². The minimum absolute atomic E-state index is 0.0199. The van der Waals surface area contributed by atoms with Crippen LogP contribution in [0.1, 0.15) is 63.1 Å². The van der Waals surface area contributed by atoms with Crippen LogP contribution in [0.3, 0.4) is 0 Å². The second-order valence-corrected chi connectivity index (χ2v) is 8.86. The third-order valence-electron chi connectivity index (χ3n) is 6.70. The molecule has 0 spiro atoms. The molecule has 0 saturated carbocycles. The average Bonchev–Trinajstić information content (AvgIpc) is 2.74. The fourth-order valence-corrected chi connectivity index (χ4v) is 4.92. The number of para-hydroxylation sites is 1. The molecule has 1 nitrogen and oxygen atoms in total. The molecule has 2 aromatic carbocycles. The van der Waals surface area contributed by atoms with Gasteiger partial charge in [0.25, 0.3) is 0 Å². The van der Waals surface area contributed by atoms with Crippen molar-refractivity contribution in [2.45, 2.75) is 64.2 Å². The molecule has 2 atom stereocenters. The van der Waals surface area contributed by atoms with Gasteiger partial charge in [0.2, 0.25) is 0 Å².